The molecule has 2 N–H and O–H groups in total. The summed E-state index contributed by atoms with van der Waals surface area (Å²) in [7, 11) is -0.926. The van der Waals surface area contributed by atoms with Crippen molar-refractivity contribution in [3.63, 3.8) is 0 Å². The zero-order chi connectivity index (χ0) is 16.0. The average molecular weight is 323 g/mol. The molecule has 0 bridgehead atoms. The molecule has 1 aliphatic rings. The molecule has 1 unspecified atom stereocenters. The molecule has 0 saturated heterocycles. The van der Waals surface area contributed by atoms with Crippen LogP contribution in [0.25, 0.3) is 0 Å². The van der Waals surface area contributed by atoms with Crippen LogP contribution in [0.4, 0.5) is 0 Å². The largest absolute Gasteiger partial charge is 0.388 e. The van der Waals surface area contributed by atoms with Gasteiger partial charge in [-0.1, -0.05) is 37.8 Å². The van der Waals surface area contributed by atoms with Gasteiger partial charge in [-0.15, -0.1) is 0 Å². The zero-order valence-electron chi connectivity index (χ0n) is 13.1. The molecule has 0 heterocycles. The molecule has 0 aromatic heterocycles. The topological polar surface area (TPSA) is 66.4 Å². The van der Waals surface area contributed by atoms with Crippen LogP contribution in [-0.4, -0.2) is 33.6 Å². The number of hydrogen-bond acceptors (Lipinski definition) is 3. The van der Waals surface area contributed by atoms with Gasteiger partial charge >= 0.3 is 0 Å². The minimum atomic E-state index is -0.926. The zero-order valence-corrected chi connectivity index (χ0v) is 14.0. The van der Waals surface area contributed by atoms with E-state index in [0.29, 0.717) is 17.9 Å². The predicted octanol–water partition coefficient (Wildman–Crippen LogP) is 2.38. The van der Waals surface area contributed by atoms with Gasteiger partial charge in [-0.05, 0) is 30.5 Å². The fourth-order valence-electron chi connectivity index (χ4n) is 2.95. The summed E-state index contributed by atoms with van der Waals surface area (Å²) in [4.78, 5) is 12.3. The highest BCUT2D eigenvalue weighted by Crippen LogP contribution is 2.26. The molecule has 1 aliphatic carbocycles. The van der Waals surface area contributed by atoms with Crippen molar-refractivity contribution in [2.45, 2.75) is 49.9 Å². The molecule has 4 nitrogen and oxygen atoms in total. The van der Waals surface area contributed by atoms with E-state index in [-0.39, 0.29) is 5.91 Å². The first-order chi connectivity index (χ1) is 10.5. The Morgan fingerprint density at radius 3 is 2.59 bits per heavy atom. The second-order valence-corrected chi connectivity index (χ2v) is 7.67. The van der Waals surface area contributed by atoms with Crippen molar-refractivity contribution in [3.8, 4) is 0 Å². The molecule has 2 rings (SSSR count). The van der Waals surface area contributed by atoms with Crippen LogP contribution in [0.5, 0.6) is 0 Å². The summed E-state index contributed by atoms with van der Waals surface area (Å²) < 4.78 is 11.3. The summed E-state index contributed by atoms with van der Waals surface area (Å²) in [5, 5.41) is 13.4. The van der Waals surface area contributed by atoms with E-state index in [1.807, 2.05) is 6.07 Å². The lowest BCUT2D eigenvalue weighted by Gasteiger charge is -2.26. The predicted molar refractivity (Wildman–Crippen MR) is 89.2 cm³/mol. The number of nitrogens with one attached hydrogen (secondary N) is 1. The Kier molecular flexibility index (Phi) is 6.15. The van der Waals surface area contributed by atoms with Crippen molar-refractivity contribution in [2.24, 2.45) is 0 Å². The Morgan fingerprint density at radius 1 is 1.27 bits per heavy atom. The van der Waals surface area contributed by atoms with Gasteiger partial charge in [0.15, 0.2) is 0 Å². The van der Waals surface area contributed by atoms with Crippen molar-refractivity contribution < 1.29 is 14.1 Å². The van der Waals surface area contributed by atoms with Crippen molar-refractivity contribution in [1.29, 1.82) is 0 Å². The van der Waals surface area contributed by atoms with Crippen LogP contribution in [0.15, 0.2) is 24.3 Å². The normalized spacial score (nSPS) is 19.2. The van der Waals surface area contributed by atoms with Crippen molar-refractivity contribution >= 4 is 16.7 Å². The molecule has 0 spiro atoms. The van der Waals surface area contributed by atoms with E-state index in [0.717, 1.165) is 44.1 Å². The van der Waals surface area contributed by atoms with Gasteiger partial charge in [-0.25, -0.2) is 0 Å². The Bertz CT molecular complexity index is 536. The highest BCUT2D eigenvalue weighted by molar-refractivity contribution is 7.83. The third-order valence-electron chi connectivity index (χ3n) is 4.17. The Hall–Kier alpha value is -1.20. The lowest BCUT2D eigenvalue weighted by atomic mass is 9.94. The minimum Gasteiger partial charge on any atom is -0.388 e. The maximum absolute atomic E-state index is 12.3. The fraction of sp³-hybridized carbons (Fsp3) is 0.588. The molecule has 1 aromatic rings. The number of rotatable bonds is 5. The summed E-state index contributed by atoms with van der Waals surface area (Å²) in [5.74, 6) is 0.270. The minimum absolute atomic E-state index is 0.179. The molecule has 1 amide bonds. The molecule has 0 aliphatic heterocycles. The van der Waals surface area contributed by atoms with Crippen LogP contribution in [-0.2, 0) is 16.6 Å². The quantitative estimate of drug-likeness (QED) is 0.818. The monoisotopic (exact) mass is 323 g/mol. The summed E-state index contributed by atoms with van der Waals surface area (Å²) in [6, 6.07) is 7.19. The molecule has 1 aromatic carbocycles. The molecule has 122 valence electrons. The first kappa shape index (κ1) is 17.2. The number of aliphatic hydroxyl groups is 1. The number of amides is 1. The first-order valence-corrected chi connectivity index (χ1v) is 9.61. The van der Waals surface area contributed by atoms with Crippen LogP contribution in [0.2, 0.25) is 0 Å². The number of carbonyl (C=O) groups is 1. The van der Waals surface area contributed by atoms with Crippen molar-refractivity contribution in [1.82, 2.24) is 5.32 Å². The fourth-order valence-corrected chi connectivity index (χ4v) is 3.60. The van der Waals surface area contributed by atoms with E-state index in [2.05, 4.69) is 5.32 Å². The molecule has 0 radical (unpaired) electrons. The van der Waals surface area contributed by atoms with Gasteiger partial charge < -0.3 is 10.4 Å². The Labute approximate surface area is 134 Å². The van der Waals surface area contributed by atoms with Crippen LogP contribution < -0.4 is 5.32 Å². The van der Waals surface area contributed by atoms with Gasteiger partial charge in [0.1, 0.15) is 0 Å². The van der Waals surface area contributed by atoms with Gasteiger partial charge in [0.05, 0.1) is 5.60 Å². The highest BCUT2D eigenvalue weighted by Gasteiger charge is 2.28. The van der Waals surface area contributed by atoms with Crippen molar-refractivity contribution in [2.75, 3.05) is 12.8 Å². The lowest BCUT2D eigenvalue weighted by Crippen LogP contribution is -2.42. The van der Waals surface area contributed by atoms with Crippen LogP contribution in [0.1, 0.15) is 54.4 Å². The summed E-state index contributed by atoms with van der Waals surface area (Å²) >= 11 is 0. The third-order valence-corrected chi connectivity index (χ3v) is 4.91. The van der Waals surface area contributed by atoms with Gasteiger partial charge in [0.25, 0.3) is 5.91 Å². The third kappa shape index (κ3) is 5.21. The smallest absolute Gasteiger partial charge is 0.251 e. The number of hydrogen-bond donors (Lipinski definition) is 2. The molecule has 22 heavy (non-hydrogen) atoms. The molecule has 1 atom stereocenters. The van der Waals surface area contributed by atoms with Gasteiger partial charge in [-0.2, -0.15) is 0 Å². The average Bonchev–Trinajstić information content (AvgIpc) is 2.70. The summed E-state index contributed by atoms with van der Waals surface area (Å²) in [6.45, 7) is 0.301. The van der Waals surface area contributed by atoms with E-state index in [1.54, 1.807) is 24.5 Å². The molecular formula is C17H25NO3S. The highest BCUT2D eigenvalue weighted by atomic mass is 32.2. The second kappa shape index (κ2) is 7.88. The van der Waals surface area contributed by atoms with Crippen LogP contribution in [0, 0.1) is 0 Å². The van der Waals surface area contributed by atoms with E-state index in [1.165, 1.54) is 0 Å². The SMILES string of the molecule is CS(=O)Cc1cccc(C(=O)NCC2(O)CCCCCC2)c1. The van der Waals surface area contributed by atoms with Crippen LogP contribution in [0.3, 0.4) is 0 Å². The van der Waals surface area contributed by atoms with E-state index in [9.17, 15) is 14.1 Å². The number of carbonyl (C=O) groups excluding carboxylic acids is 1. The summed E-state index contributed by atoms with van der Waals surface area (Å²) in [6.07, 6.45) is 7.51. The maximum atomic E-state index is 12.3. The first-order valence-electron chi connectivity index (χ1n) is 7.88. The van der Waals surface area contributed by atoms with Gasteiger partial charge in [0, 0.05) is 34.9 Å². The standard InChI is InChI=1S/C17H25NO3S/c1-22(21)12-14-7-6-8-15(11-14)16(19)18-13-17(20)9-4-2-3-5-10-17/h6-8,11,20H,2-5,9-10,12-13H2,1H3,(H,18,19). The van der Waals surface area contributed by atoms with E-state index < -0.39 is 16.4 Å². The van der Waals surface area contributed by atoms with E-state index >= 15 is 0 Å². The summed E-state index contributed by atoms with van der Waals surface area (Å²) in [5.41, 5.74) is 0.677. The molecular weight excluding hydrogens is 298 g/mol. The van der Waals surface area contributed by atoms with E-state index in [4.69, 9.17) is 0 Å². The van der Waals surface area contributed by atoms with Crippen LogP contribution >= 0.6 is 0 Å². The maximum Gasteiger partial charge on any atom is 0.251 e. The molecule has 5 heteroatoms. The Balaban J connectivity index is 1.95. The molecule has 1 saturated carbocycles. The van der Waals surface area contributed by atoms with Crippen molar-refractivity contribution in [3.05, 3.63) is 35.4 Å². The Morgan fingerprint density at radius 2 is 1.95 bits per heavy atom. The van der Waals surface area contributed by atoms with Gasteiger partial charge in [0.2, 0.25) is 0 Å². The number of benzene rings is 1. The lowest BCUT2D eigenvalue weighted by molar-refractivity contribution is 0.0246. The van der Waals surface area contributed by atoms with Gasteiger partial charge in [-0.3, -0.25) is 9.00 Å². The second-order valence-electron chi connectivity index (χ2n) is 6.24. The molecule has 1 fully saturated rings.